The molecule has 0 unspecified atom stereocenters. The molecule has 0 bridgehead atoms. The molecule has 0 aliphatic carbocycles. The molecule has 0 fully saturated rings. The SMILES string of the molecule is CCN1CCc2nc(NC(=O)C=Cc3cc4ccccc4o3)sc2C1. The maximum atomic E-state index is 12.2. The molecule has 4 rings (SSSR count). The first-order chi connectivity index (χ1) is 12.2. The number of nitrogens with one attached hydrogen (secondary N) is 1. The van der Waals surface area contributed by atoms with E-state index in [2.05, 4.69) is 22.1 Å². The van der Waals surface area contributed by atoms with Crippen molar-refractivity contribution in [1.82, 2.24) is 9.88 Å². The van der Waals surface area contributed by atoms with Crippen LogP contribution in [0.15, 0.2) is 40.8 Å². The van der Waals surface area contributed by atoms with Crippen molar-refractivity contribution < 1.29 is 9.21 Å². The van der Waals surface area contributed by atoms with E-state index in [0.29, 0.717) is 10.9 Å². The topological polar surface area (TPSA) is 58.4 Å². The first kappa shape index (κ1) is 16.1. The number of anilines is 1. The quantitative estimate of drug-likeness (QED) is 0.722. The molecule has 3 heterocycles. The summed E-state index contributed by atoms with van der Waals surface area (Å²) in [7, 11) is 0. The van der Waals surface area contributed by atoms with Gasteiger partial charge in [-0.1, -0.05) is 25.1 Å². The molecule has 0 radical (unpaired) electrons. The Balaban J connectivity index is 1.43. The van der Waals surface area contributed by atoms with Crippen molar-refractivity contribution in [2.24, 2.45) is 0 Å². The van der Waals surface area contributed by atoms with Gasteiger partial charge < -0.3 is 4.42 Å². The minimum atomic E-state index is -0.195. The lowest BCUT2D eigenvalue weighted by molar-refractivity contribution is -0.111. The van der Waals surface area contributed by atoms with Gasteiger partial charge in [-0.15, -0.1) is 11.3 Å². The van der Waals surface area contributed by atoms with Crippen LogP contribution in [0.4, 0.5) is 5.13 Å². The van der Waals surface area contributed by atoms with Crippen molar-refractivity contribution in [2.75, 3.05) is 18.4 Å². The van der Waals surface area contributed by atoms with Crippen LogP contribution < -0.4 is 5.32 Å². The van der Waals surface area contributed by atoms with E-state index in [0.717, 1.165) is 42.7 Å². The molecule has 0 saturated heterocycles. The first-order valence-electron chi connectivity index (χ1n) is 8.40. The predicted octanol–water partition coefficient (Wildman–Crippen LogP) is 3.92. The highest BCUT2D eigenvalue weighted by Gasteiger charge is 2.19. The van der Waals surface area contributed by atoms with Crippen LogP contribution in [0.5, 0.6) is 0 Å². The van der Waals surface area contributed by atoms with Crippen LogP contribution >= 0.6 is 11.3 Å². The number of nitrogens with zero attached hydrogens (tertiary/aromatic N) is 2. The Hall–Kier alpha value is -2.44. The molecular weight excluding hydrogens is 334 g/mol. The molecule has 1 N–H and O–H groups in total. The second-order valence-electron chi connectivity index (χ2n) is 6.02. The summed E-state index contributed by atoms with van der Waals surface area (Å²) in [5.74, 6) is 0.465. The number of furan rings is 1. The number of hydrogen-bond acceptors (Lipinski definition) is 5. The van der Waals surface area contributed by atoms with E-state index in [1.54, 1.807) is 17.4 Å². The fourth-order valence-corrected chi connectivity index (χ4v) is 4.01. The van der Waals surface area contributed by atoms with E-state index in [4.69, 9.17) is 4.42 Å². The van der Waals surface area contributed by atoms with Gasteiger partial charge >= 0.3 is 0 Å². The zero-order valence-electron chi connectivity index (χ0n) is 14.0. The third kappa shape index (κ3) is 3.50. The lowest BCUT2D eigenvalue weighted by Gasteiger charge is -2.23. The largest absolute Gasteiger partial charge is 0.457 e. The third-order valence-corrected chi connectivity index (χ3v) is 5.33. The van der Waals surface area contributed by atoms with Gasteiger partial charge in [-0.25, -0.2) is 4.98 Å². The van der Waals surface area contributed by atoms with Crippen molar-refractivity contribution in [3.05, 3.63) is 52.7 Å². The van der Waals surface area contributed by atoms with E-state index in [1.807, 2.05) is 30.3 Å². The molecule has 5 nitrogen and oxygen atoms in total. The number of carbonyl (C=O) groups excluding carboxylic acids is 1. The van der Waals surface area contributed by atoms with Gasteiger partial charge in [-0.3, -0.25) is 15.0 Å². The van der Waals surface area contributed by atoms with Crippen molar-refractivity contribution in [1.29, 1.82) is 0 Å². The molecule has 0 spiro atoms. The number of carbonyl (C=O) groups is 1. The Kier molecular flexibility index (Phi) is 4.38. The number of para-hydroxylation sites is 1. The monoisotopic (exact) mass is 353 g/mol. The van der Waals surface area contributed by atoms with Gasteiger partial charge in [0.15, 0.2) is 5.13 Å². The molecule has 1 aliphatic heterocycles. The smallest absolute Gasteiger partial charge is 0.250 e. The lowest BCUT2D eigenvalue weighted by atomic mass is 10.2. The van der Waals surface area contributed by atoms with E-state index in [9.17, 15) is 4.79 Å². The Morgan fingerprint density at radius 2 is 2.32 bits per heavy atom. The predicted molar refractivity (Wildman–Crippen MR) is 101 cm³/mol. The molecule has 3 aromatic rings. The Labute approximate surface area is 150 Å². The van der Waals surface area contributed by atoms with Gasteiger partial charge in [-0.05, 0) is 24.8 Å². The highest BCUT2D eigenvalue weighted by molar-refractivity contribution is 7.15. The Morgan fingerprint density at radius 1 is 1.44 bits per heavy atom. The van der Waals surface area contributed by atoms with Gasteiger partial charge in [0.05, 0.1) is 5.69 Å². The van der Waals surface area contributed by atoms with Crippen LogP contribution in [-0.2, 0) is 17.8 Å². The van der Waals surface area contributed by atoms with E-state index >= 15 is 0 Å². The fraction of sp³-hybridized carbons (Fsp3) is 0.263. The molecule has 1 amide bonds. The van der Waals surface area contributed by atoms with Crippen LogP contribution in [0, 0.1) is 0 Å². The average molecular weight is 353 g/mol. The molecule has 1 aliphatic rings. The number of fused-ring (bicyclic) bond motifs is 2. The summed E-state index contributed by atoms with van der Waals surface area (Å²) in [4.78, 5) is 20.3. The molecule has 1 aromatic carbocycles. The zero-order valence-corrected chi connectivity index (χ0v) is 14.8. The maximum Gasteiger partial charge on any atom is 0.250 e. The van der Waals surface area contributed by atoms with Gasteiger partial charge in [0.1, 0.15) is 11.3 Å². The number of hydrogen-bond donors (Lipinski definition) is 1. The van der Waals surface area contributed by atoms with Crippen LogP contribution in [0.25, 0.3) is 17.0 Å². The second kappa shape index (κ2) is 6.82. The molecule has 128 valence electrons. The van der Waals surface area contributed by atoms with Crippen molar-refractivity contribution in [3.8, 4) is 0 Å². The summed E-state index contributed by atoms with van der Waals surface area (Å²) in [5.41, 5.74) is 1.93. The summed E-state index contributed by atoms with van der Waals surface area (Å²) in [6, 6.07) is 9.70. The highest BCUT2D eigenvalue weighted by atomic mass is 32.1. The number of aromatic nitrogens is 1. The second-order valence-corrected chi connectivity index (χ2v) is 7.10. The number of benzene rings is 1. The molecule has 25 heavy (non-hydrogen) atoms. The van der Waals surface area contributed by atoms with Crippen LogP contribution in [0.2, 0.25) is 0 Å². The Morgan fingerprint density at radius 3 is 3.16 bits per heavy atom. The molecule has 6 heteroatoms. The summed E-state index contributed by atoms with van der Waals surface area (Å²) >= 11 is 1.57. The van der Waals surface area contributed by atoms with E-state index < -0.39 is 0 Å². The first-order valence-corrected chi connectivity index (χ1v) is 9.21. The van der Waals surface area contributed by atoms with Crippen molar-refractivity contribution >= 4 is 39.4 Å². The van der Waals surface area contributed by atoms with Gasteiger partial charge in [-0.2, -0.15) is 0 Å². The number of amides is 1. The molecule has 0 saturated carbocycles. The van der Waals surface area contributed by atoms with Crippen LogP contribution in [-0.4, -0.2) is 28.9 Å². The molecular formula is C19H19N3O2S. The minimum absolute atomic E-state index is 0.195. The summed E-state index contributed by atoms with van der Waals surface area (Å²) in [6.07, 6.45) is 4.11. The number of likely N-dealkylation sites (N-methyl/N-ethyl adjacent to an activating group) is 1. The lowest BCUT2D eigenvalue weighted by Crippen LogP contribution is -2.29. The highest BCUT2D eigenvalue weighted by Crippen LogP contribution is 2.28. The Bertz CT molecular complexity index is 908. The normalized spacial score (nSPS) is 14.9. The number of thiazole rings is 1. The van der Waals surface area contributed by atoms with E-state index in [-0.39, 0.29) is 5.91 Å². The molecule has 0 atom stereocenters. The minimum Gasteiger partial charge on any atom is -0.457 e. The average Bonchev–Trinajstić information content (AvgIpc) is 3.21. The third-order valence-electron chi connectivity index (χ3n) is 4.33. The van der Waals surface area contributed by atoms with Crippen molar-refractivity contribution in [3.63, 3.8) is 0 Å². The van der Waals surface area contributed by atoms with Crippen LogP contribution in [0.3, 0.4) is 0 Å². The van der Waals surface area contributed by atoms with E-state index in [1.165, 1.54) is 11.0 Å². The fourth-order valence-electron chi connectivity index (χ4n) is 2.96. The summed E-state index contributed by atoms with van der Waals surface area (Å²) in [5, 5.41) is 4.55. The van der Waals surface area contributed by atoms with Crippen molar-refractivity contribution in [2.45, 2.75) is 19.9 Å². The zero-order chi connectivity index (χ0) is 17.2. The standard InChI is InChI=1S/C19H19N3O2S/c1-2-22-10-9-15-17(12-22)25-19(20-15)21-18(23)8-7-14-11-13-5-3-4-6-16(13)24-14/h3-8,11H,2,9-10,12H2,1H3,(H,20,21,23). The van der Waals surface area contributed by atoms with Gasteiger partial charge in [0, 0.05) is 35.8 Å². The summed E-state index contributed by atoms with van der Waals surface area (Å²) < 4.78 is 5.67. The van der Waals surface area contributed by atoms with Gasteiger partial charge in [0.25, 0.3) is 0 Å². The maximum absolute atomic E-state index is 12.2. The van der Waals surface area contributed by atoms with Crippen LogP contribution in [0.1, 0.15) is 23.3 Å². The molecule has 2 aromatic heterocycles. The summed E-state index contributed by atoms with van der Waals surface area (Å²) in [6.45, 7) is 5.16. The number of rotatable bonds is 4. The van der Waals surface area contributed by atoms with Gasteiger partial charge in [0.2, 0.25) is 5.91 Å².